The lowest BCUT2D eigenvalue weighted by Crippen LogP contribution is -2.16. The minimum Gasteiger partial charge on any atom is -0.0622 e. The quantitative estimate of drug-likeness (QED) is 0.160. The Kier molecular flexibility index (Phi) is 6.88. The van der Waals surface area contributed by atoms with E-state index in [0.717, 1.165) is 0 Å². The van der Waals surface area contributed by atoms with E-state index in [9.17, 15) is 0 Å². The maximum Gasteiger partial charge on any atom is -0.000719 e. The molecule has 0 atom stereocenters. The van der Waals surface area contributed by atoms with Crippen molar-refractivity contribution in [3.8, 4) is 33.4 Å². The molecule has 0 unspecified atom stereocenters. The second-order valence-electron chi connectivity index (χ2n) is 18.0. The van der Waals surface area contributed by atoms with Gasteiger partial charge in [0.2, 0.25) is 0 Å². The van der Waals surface area contributed by atoms with Crippen molar-refractivity contribution < 1.29 is 0 Å². The molecule has 0 amide bonds. The van der Waals surface area contributed by atoms with Crippen molar-refractivity contribution in [2.45, 2.75) is 52.4 Å². The summed E-state index contributed by atoms with van der Waals surface area (Å²) in [5, 5.41) is 18.6. The molecule has 0 aliphatic heterocycles. The zero-order valence-electron chi connectivity index (χ0n) is 33.0. The predicted molar refractivity (Wildman–Crippen MR) is 245 cm³/mol. The molecule has 0 heteroatoms. The summed E-state index contributed by atoms with van der Waals surface area (Å²) in [6.07, 6.45) is 0. The van der Waals surface area contributed by atoms with Gasteiger partial charge in [0.05, 0.1) is 0 Å². The van der Waals surface area contributed by atoms with E-state index in [1.807, 2.05) is 0 Å². The van der Waals surface area contributed by atoms with E-state index in [4.69, 9.17) is 0 Å². The van der Waals surface area contributed by atoms with Crippen molar-refractivity contribution in [2.75, 3.05) is 0 Å². The fourth-order valence-corrected chi connectivity index (χ4v) is 10.1. The van der Waals surface area contributed by atoms with Crippen LogP contribution in [0.2, 0.25) is 0 Å². The molecule has 11 aromatic carbocycles. The first-order chi connectivity index (χ1) is 27.1. The molecule has 11 rings (SSSR count). The van der Waals surface area contributed by atoms with Crippen LogP contribution in [-0.4, -0.2) is 0 Å². The molecule has 0 N–H and O–H groups in total. The van der Waals surface area contributed by atoms with Crippen LogP contribution in [0.1, 0.15) is 52.7 Å². The van der Waals surface area contributed by atoms with Crippen LogP contribution in [0.4, 0.5) is 0 Å². The van der Waals surface area contributed by atoms with Gasteiger partial charge in [0, 0.05) is 0 Å². The van der Waals surface area contributed by atoms with Crippen molar-refractivity contribution in [2.24, 2.45) is 0 Å². The standard InChI is InChI=1S/C56H44/c1-55(2,3)35-27-30-47(56(4,5)6)44(31-35)38-28-29-43-50-40(38)24-16-26-42(50)54-49(34-19-11-8-12-20-34)52-41-25-15-23-39-36-21-13-14-22-37(36)45(51(39)41)32-46(52)48(53(43)54)33-17-9-7-10-18-33/h7-32H,1-6H3. The average molecular weight is 717 g/mol. The summed E-state index contributed by atoms with van der Waals surface area (Å²) in [4.78, 5) is 0. The van der Waals surface area contributed by atoms with E-state index < -0.39 is 0 Å². The molecule has 268 valence electrons. The molecule has 0 bridgehead atoms. The smallest absolute Gasteiger partial charge is 0.000719 e. The van der Waals surface area contributed by atoms with Crippen LogP contribution in [0.5, 0.6) is 0 Å². The summed E-state index contributed by atoms with van der Waals surface area (Å²) in [7, 11) is 0. The van der Waals surface area contributed by atoms with E-state index in [1.165, 1.54) is 120 Å². The molecule has 0 radical (unpaired) electrons. The SMILES string of the molecule is CC(C)(C)c1ccc(C(C)(C)C)c(-c2ccc3c4c(-c5ccccc5)c5cc6c7ccccc7c7cccc(c5c(-c5ccccc5)c4c4cccc2c34)c76)c1. The number of fused-ring (bicyclic) bond motifs is 8. The van der Waals surface area contributed by atoms with Gasteiger partial charge in [-0.15, -0.1) is 0 Å². The maximum atomic E-state index is 2.53. The summed E-state index contributed by atoms with van der Waals surface area (Å²) in [5.74, 6) is 0. The van der Waals surface area contributed by atoms with Gasteiger partial charge in [0.1, 0.15) is 0 Å². The Balaban J connectivity index is 1.40. The molecule has 0 nitrogen and oxygen atoms in total. The van der Waals surface area contributed by atoms with Crippen molar-refractivity contribution in [1.29, 1.82) is 0 Å². The van der Waals surface area contributed by atoms with Gasteiger partial charge < -0.3 is 0 Å². The Hall–Kier alpha value is -6.24. The fourth-order valence-electron chi connectivity index (χ4n) is 10.1. The monoisotopic (exact) mass is 716 g/mol. The Morgan fingerprint density at radius 2 is 0.804 bits per heavy atom. The Morgan fingerprint density at radius 3 is 1.46 bits per heavy atom. The molecule has 0 aliphatic rings. The second kappa shape index (κ2) is 11.6. The molecule has 0 fully saturated rings. The zero-order chi connectivity index (χ0) is 38.1. The Morgan fingerprint density at radius 1 is 0.286 bits per heavy atom. The van der Waals surface area contributed by atoms with Gasteiger partial charge in [0.25, 0.3) is 0 Å². The molecule has 11 aromatic rings. The largest absolute Gasteiger partial charge is 0.0622 e. The van der Waals surface area contributed by atoms with Gasteiger partial charge in [-0.3, -0.25) is 0 Å². The Bertz CT molecular complexity index is 3330. The van der Waals surface area contributed by atoms with E-state index in [1.54, 1.807) is 0 Å². The van der Waals surface area contributed by atoms with E-state index >= 15 is 0 Å². The summed E-state index contributed by atoms with van der Waals surface area (Å²) >= 11 is 0. The first-order valence-corrected chi connectivity index (χ1v) is 20.1. The van der Waals surface area contributed by atoms with Crippen molar-refractivity contribution in [3.63, 3.8) is 0 Å². The third kappa shape index (κ3) is 4.59. The highest BCUT2D eigenvalue weighted by atomic mass is 14.3. The zero-order valence-corrected chi connectivity index (χ0v) is 33.0. The van der Waals surface area contributed by atoms with E-state index in [-0.39, 0.29) is 10.8 Å². The third-order valence-corrected chi connectivity index (χ3v) is 12.6. The molecule has 0 heterocycles. The number of hydrogen-bond acceptors (Lipinski definition) is 0. The van der Waals surface area contributed by atoms with E-state index in [2.05, 4.69) is 199 Å². The summed E-state index contributed by atoms with van der Waals surface area (Å²) in [5.41, 5.74) is 10.6. The van der Waals surface area contributed by atoms with Gasteiger partial charge >= 0.3 is 0 Å². The number of benzene rings is 9. The van der Waals surface area contributed by atoms with Crippen LogP contribution >= 0.6 is 0 Å². The average Bonchev–Trinajstić information content (AvgIpc) is 3.71. The predicted octanol–water partition coefficient (Wildman–Crippen LogP) is 16.2. The second-order valence-corrected chi connectivity index (χ2v) is 18.0. The highest BCUT2D eigenvalue weighted by Crippen LogP contribution is 2.55. The number of rotatable bonds is 3. The third-order valence-electron chi connectivity index (χ3n) is 12.6. The van der Waals surface area contributed by atoms with Crippen LogP contribution in [-0.2, 0) is 10.8 Å². The molecule has 0 saturated heterocycles. The molecule has 0 saturated carbocycles. The lowest BCUT2D eigenvalue weighted by molar-refractivity contribution is 0.578. The topological polar surface area (TPSA) is 0 Å². The van der Waals surface area contributed by atoms with Crippen molar-refractivity contribution >= 4 is 75.4 Å². The van der Waals surface area contributed by atoms with Gasteiger partial charge in [-0.1, -0.05) is 193 Å². The molecule has 0 aromatic heterocycles. The molecular weight excluding hydrogens is 673 g/mol. The van der Waals surface area contributed by atoms with Crippen LogP contribution in [0.3, 0.4) is 0 Å². The van der Waals surface area contributed by atoms with Gasteiger partial charge in [-0.05, 0) is 137 Å². The van der Waals surface area contributed by atoms with Crippen LogP contribution in [0.15, 0.2) is 158 Å². The molecule has 0 spiro atoms. The van der Waals surface area contributed by atoms with Gasteiger partial charge in [-0.2, -0.15) is 0 Å². The van der Waals surface area contributed by atoms with Crippen LogP contribution in [0, 0.1) is 0 Å². The highest BCUT2D eigenvalue weighted by molar-refractivity contribution is 6.45. The van der Waals surface area contributed by atoms with Crippen LogP contribution in [0.25, 0.3) is 109 Å². The Labute approximate surface area is 328 Å². The lowest BCUT2D eigenvalue weighted by atomic mass is 9.77. The summed E-state index contributed by atoms with van der Waals surface area (Å²) in [6.45, 7) is 14.0. The molecule has 56 heavy (non-hydrogen) atoms. The fraction of sp³-hybridized carbons (Fsp3) is 0.143. The van der Waals surface area contributed by atoms with Crippen molar-refractivity contribution in [1.82, 2.24) is 0 Å². The summed E-state index contributed by atoms with van der Waals surface area (Å²) in [6, 6.07) is 60.0. The minimum absolute atomic E-state index is 0.0165. The normalized spacial score (nSPS) is 12.8. The highest BCUT2D eigenvalue weighted by Gasteiger charge is 2.28. The first kappa shape index (κ1) is 33.1. The molecular formula is C56H44. The first-order valence-electron chi connectivity index (χ1n) is 20.1. The minimum atomic E-state index is -0.0165. The molecule has 0 aliphatic carbocycles. The summed E-state index contributed by atoms with van der Waals surface area (Å²) < 4.78 is 0. The van der Waals surface area contributed by atoms with Gasteiger partial charge in [0.15, 0.2) is 0 Å². The lowest BCUT2D eigenvalue weighted by Gasteiger charge is -2.27. The maximum absolute atomic E-state index is 2.53. The van der Waals surface area contributed by atoms with E-state index in [0.29, 0.717) is 0 Å². The van der Waals surface area contributed by atoms with Crippen LogP contribution < -0.4 is 0 Å². The van der Waals surface area contributed by atoms with Gasteiger partial charge in [-0.25, -0.2) is 0 Å². The van der Waals surface area contributed by atoms with Crippen molar-refractivity contribution in [3.05, 3.63) is 169 Å². The number of hydrogen-bond donors (Lipinski definition) is 0.